The number of amides is 2. The molecular weight excluding hydrogens is 465 g/mol. The van der Waals surface area contributed by atoms with Crippen LogP contribution >= 0.6 is 0 Å². The molecule has 6 rings (SSSR count). The predicted octanol–water partition coefficient (Wildman–Crippen LogP) is 5.93. The first-order chi connectivity index (χ1) is 18.1. The third-order valence-electron chi connectivity index (χ3n) is 6.80. The number of rotatable bonds is 4. The summed E-state index contributed by atoms with van der Waals surface area (Å²) >= 11 is 0. The molecule has 0 saturated carbocycles. The fourth-order valence-electron chi connectivity index (χ4n) is 5.05. The smallest absolute Gasteiger partial charge is 0.318 e. The van der Waals surface area contributed by atoms with Crippen LogP contribution in [-0.4, -0.2) is 25.3 Å². The van der Waals surface area contributed by atoms with Gasteiger partial charge in [0.05, 0.1) is 29.7 Å². The summed E-state index contributed by atoms with van der Waals surface area (Å²) in [5.74, 6) is 0.539. The summed E-state index contributed by atoms with van der Waals surface area (Å²) in [5, 5.41) is 7.94. The zero-order valence-corrected chi connectivity index (χ0v) is 20.4. The number of urea groups is 1. The van der Waals surface area contributed by atoms with Crippen molar-refractivity contribution in [3.8, 4) is 11.5 Å². The van der Waals surface area contributed by atoms with Crippen molar-refractivity contribution < 1.29 is 9.18 Å². The Balaban J connectivity index is 1.49. The SMILES string of the molecule is Cc1nn(-c2ccccc2)c2c1CN(C(=O)NCc1ccccc1)[C@@H](c1cccc(F)c1)c1cccn1-2. The van der Waals surface area contributed by atoms with Gasteiger partial charge in [0, 0.05) is 18.3 Å². The molecule has 3 aromatic carbocycles. The number of benzene rings is 3. The van der Waals surface area contributed by atoms with Crippen LogP contribution in [0, 0.1) is 12.7 Å². The molecule has 7 heteroatoms. The highest BCUT2D eigenvalue weighted by Gasteiger charge is 2.36. The molecule has 0 radical (unpaired) electrons. The van der Waals surface area contributed by atoms with Crippen LogP contribution in [-0.2, 0) is 13.1 Å². The normalized spacial score (nSPS) is 14.5. The quantitative estimate of drug-likeness (QED) is 0.339. The Hall–Kier alpha value is -4.65. The predicted molar refractivity (Wildman–Crippen MR) is 140 cm³/mol. The van der Waals surface area contributed by atoms with Gasteiger partial charge in [-0.2, -0.15) is 5.10 Å². The molecule has 1 N–H and O–H groups in total. The monoisotopic (exact) mass is 491 g/mol. The first-order valence-electron chi connectivity index (χ1n) is 12.3. The fraction of sp³-hybridized carbons (Fsp3) is 0.133. The van der Waals surface area contributed by atoms with E-state index in [2.05, 4.69) is 9.88 Å². The number of halogens is 1. The second kappa shape index (κ2) is 9.43. The Morgan fingerprint density at radius 3 is 2.49 bits per heavy atom. The van der Waals surface area contributed by atoms with Gasteiger partial charge in [-0.3, -0.25) is 0 Å². The number of fused-ring (bicyclic) bond motifs is 3. The highest BCUT2D eigenvalue weighted by molar-refractivity contribution is 5.76. The van der Waals surface area contributed by atoms with Crippen molar-refractivity contribution in [3.05, 3.63) is 137 Å². The van der Waals surface area contributed by atoms with Gasteiger partial charge in [0.1, 0.15) is 11.6 Å². The van der Waals surface area contributed by atoms with Crippen LogP contribution in [0.2, 0.25) is 0 Å². The molecule has 3 heterocycles. The molecule has 0 fully saturated rings. The lowest BCUT2D eigenvalue weighted by Gasteiger charge is -2.31. The van der Waals surface area contributed by atoms with E-state index in [1.165, 1.54) is 12.1 Å². The molecule has 0 aliphatic carbocycles. The number of aryl methyl sites for hydroxylation is 1. The lowest BCUT2D eigenvalue weighted by Crippen LogP contribution is -2.41. The molecule has 0 unspecified atom stereocenters. The van der Waals surface area contributed by atoms with Crippen molar-refractivity contribution >= 4 is 6.03 Å². The number of carbonyl (C=O) groups is 1. The highest BCUT2D eigenvalue weighted by atomic mass is 19.1. The van der Waals surface area contributed by atoms with Gasteiger partial charge < -0.3 is 14.8 Å². The number of nitrogens with one attached hydrogen (secondary N) is 1. The number of nitrogens with zero attached hydrogens (tertiary/aromatic N) is 4. The molecule has 0 bridgehead atoms. The number of para-hydroxylation sites is 1. The third kappa shape index (κ3) is 4.18. The second-order valence-corrected chi connectivity index (χ2v) is 9.17. The van der Waals surface area contributed by atoms with E-state index in [0.29, 0.717) is 18.7 Å². The molecule has 6 nitrogen and oxygen atoms in total. The molecule has 0 spiro atoms. The first-order valence-corrected chi connectivity index (χ1v) is 12.3. The largest absolute Gasteiger partial charge is 0.334 e. The highest BCUT2D eigenvalue weighted by Crippen LogP contribution is 2.38. The molecular formula is C30H26FN5O. The number of aromatic nitrogens is 3. The molecule has 2 aromatic heterocycles. The van der Waals surface area contributed by atoms with E-state index in [-0.39, 0.29) is 11.8 Å². The number of carbonyl (C=O) groups excluding carboxylic acids is 1. The van der Waals surface area contributed by atoms with Crippen molar-refractivity contribution in [2.24, 2.45) is 0 Å². The minimum atomic E-state index is -0.502. The van der Waals surface area contributed by atoms with Crippen LogP contribution < -0.4 is 5.32 Å². The maximum Gasteiger partial charge on any atom is 0.318 e. The lowest BCUT2D eigenvalue weighted by molar-refractivity contribution is 0.180. The molecule has 1 aliphatic heterocycles. The van der Waals surface area contributed by atoms with Gasteiger partial charge in [0.15, 0.2) is 0 Å². The topological polar surface area (TPSA) is 55.1 Å². The van der Waals surface area contributed by atoms with Gasteiger partial charge in [0.25, 0.3) is 0 Å². The van der Waals surface area contributed by atoms with Crippen LogP contribution in [0.4, 0.5) is 9.18 Å². The van der Waals surface area contributed by atoms with Gasteiger partial charge in [0.2, 0.25) is 0 Å². The van der Waals surface area contributed by atoms with Crippen LogP contribution in [0.15, 0.2) is 103 Å². The van der Waals surface area contributed by atoms with Crippen molar-refractivity contribution in [1.82, 2.24) is 24.6 Å². The first kappa shape index (κ1) is 22.8. The Labute approximate surface area is 214 Å². The second-order valence-electron chi connectivity index (χ2n) is 9.17. The summed E-state index contributed by atoms with van der Waals surface area (Å²) in [7, 11) is 0. The van der Waals surface area contributed by atoms with Crippen molar-refractivity contribution in [1.29, 1.82) is 0 Å². The molecule has 184 valence electrons. The molecule has 0 saturated heterocycles. The maximum absolute atomic E-state index is 14.4. The molecule has 5 aromatic rings. The third-order valence-corrected chi connectivity index (χ3v) is 6.80. The van der Waals surface area contributed by atoms with E-state index in [4.69, 9.17) is 5.10 Å². The van der Waals surface area contributed by atoms with E-state index in [0.717, 1.165) is 34.0 Å². The van der Waals surface area contributed by atoms with E-state index < -0.39 is 6.04 Å². The van der Waals surface area contributed by atoms with E-state index >= 15 is 0 Å². The zero-order chi connectivity index (χ0) is 25.4. The summed E-state index contributed by atoms with van der Waals surface area (Å²) in [6, 6.07) is 29.4. The number of hydrogen-bond acceptors (Lipinski definition) is 2. The molecule has 1 atom stereocenters. The molecule has 37 heavy (non-hydrogen) atoms. The van der Waals surface area contributed by atoms with E-state index in [1.807, 2.05) is 96.7 Å². The molecule has 2 amide bonds. The van der Waals surface area contributed by atoms with Crippen molar-refractivity contribution in [2.45, 2.75) is 26.1 Å². The van der Waals surface area contributed by atoms with Gasteiger partial charge in [-0.15, -0.1) is 0 Å². The Bertz CT molecular complexity index is 1560. The van der Waals surface area contributed by atoms with Crippen LogP contribution in [0.3, 0.4) is 0 Å². The van der Waals surface area contributed by atoms with Crippen LogP contribution in [0.25, 0.3) is 11.5 Å². The summed E-state index contributed by atoms with van der Waals surface area (Å²) in [6.45, 7) is 2.67. The Morgan fingerprint density at radius 2 is 1.73 bits per heavy atom. The van der Waals surface area contributed by atoms with Crippen molar-refractivity contribution in [3.63, 3.8) is 0 Å². The van der Waals surface area contributed by atoms with Crippen LogP contribution in [0.1, 0.15) is 34.1 Å². The summed E-state index contributed by atoms with van der Waals surface area (Å²) in [5.41, 5.74) is 5.27. The van der Waals surface area contributed by atoms with Gasteiger partial charge in [-0.25, -0.2) is 13.9 Å². The minimum Gasteiger partial charge on any atom is -0.334 e. The summed E-state index contributed by atoms with van der Waals surface area (Å²) < 4.78 is 18.4. The van der Waals surface area contributed by atoms with E-state index in [9.17, 15) is 9.18 Å². The average molecular weight is 492 g/mol. The maximum atomic E-state index is 14.4. The van der Waals surface area contributed by atoms with Gasteiger partial charge >= 0.3 is 6.03 Å². The molecule has 1 aliphatic rings. The summed E-state index contributed by atoms with van der Waals surface area (Å²) in [4.78, 5) is 15.6. The van der Waals surface area contributed by atoms with E-state index in [1.54, 1.807) is 11.0 Å². The Morgan fingerprint density at radius 1 is 0.973 bits per heavy atom. The number of hydrogen-bond donors (Lipinski definition) is 1. The average Bonchev–Trinajstić information content (AvgIpc) is 3.48. The summed E-state index contributed by atoms with van der Waals surface area (Å²) in [6.07, 6.45) is 1.98. The van der Waals surface area contributed by atoms with Crippen LogP contribution in [0.5, 0.6) is 0 Å². The van der Waals surface area contributed by atoms with Gasteiger partial charge in [-0.05, 0) is 54.4 Å². The zero-order valence-electron chi connectivity index (χ0n) is 20.4. The van der Waals surface area contributed by atoms with Gasteiger partial charge in [-0.1, -0.05) is 60.7 Å². The standard InChI is InChI=1S/C30H26FN5O/c1-21-26-20-35(30(37)32-19-22-10-4-2-5-11-22)28(23-12-8-13-24(31)18-23)27-16-9-17-34(27)29(26)36(33-21)25-14-6-3-7-15-25/h2-18,28H,19-20H2,1H3,(H,32,37)/t28-/m0/s1. The lowest BCUT2D eigenvalue weighted by atomic mass is 10.0. The Kier molecular flexibility index (Phi) is 5.81. The fourth-order valence-corrected chi connectivity index (χ4v) is 5.05. The minimum absolute atomic E-state index is 0.231. The van der Waals surface area contributed by atoms with Crippen molar-refractivity contribution in [2.75, 3.05) is 0 Å².